The Morgan fingerprint density at radius 3 is 2.48 bits per heavy atom. The molecule has 0 amide bonds. The molecule has 1 aromatic heterocycles. The van der Waals surface area contributed by atoms with Gasteiger partial charge in [-0.05, 0) is 41.5 Å². The van der Waals surface area contributed by atoms with Crippen LogP contribution in [0.2, 0.25) is 0 Å². The summed E-state index contributed by atoms with van der Waals surface area (Å²) in [7, 11) is 0. The number of hydrogen-bond acceptors (Lipinski definition) is 3. The van der Waals surface area contributed by atoms with Crippen molar-refractivity contribution in [3.05, 3.63) is 66.5 Å². The first-order chi connectivity index (χ1) is 10.3. The van der Waals surface area contributed by atoms with Crippen LogP contribution in [0.3, 0.4) is 0 Å². The van der Waals surface area contributed by atoms with Gasteiger partial charge in [0.05, 0.1) is 5.69 Å². The molecule has 1 atom stereocenters. The lowest BCUT2D eigenvalue weighted by molar-refractivity contribution is 0.674. The molecule has 2 nitrogen and oxygen atoms in total. The van der Waals surface area contributed by atoms with E-state index in [0.717, 1.165) is 17.0 Å². The van der Waals surface area contributed by atoms with Crippen molar-refractivity contribution >= 4 is 22.5 Å². The highest BCUT2D eigenvalue weighted by molar-refractivity contribution is 7.99. The van der Waals surface area contributed by atoms with E-state index in [9.17, 15) is 0 Å². The SMILES string of the molecule is CCC(N)c1ccc(Sc2ccc3ccccc3c2)cn1. The molecule has 1 unspecified atom stereocenters. The maximum Gasteiger partial charge on any atom is 0.0571 e. The summed E-state index contributed by atoms with van der Waals surface area (Å²) in [4.78, 5) is 6.82. The Kier molecular flexibility index (Phi) is 4.23. The van der Waals surface area contributed by atoms with E-state index >= 15 is 0 Å². The molecule has 3 aromatic rings. The largest absolute Gasteiger partial charge is 0.323 e. The Balaban J connectivity index is 1.81. The van der Waals surface area contributed by atoms with Crippen molar-refractivity contribution in [2.45, 2.75) is 29.2 Å². The molecule has 1 heterocycles. The van der Waals surface area contributed by atoms with Crippen molar-refractivity contribution in [3.63, 3.8) is 0 Å². The van der Waals surface area contributed by atoms with Gasteiger partial charge in [0.25, 0.3) is 0 Å². The van der Waals surface area contributed by atoms with E-state index in [2.05, 4.69) is 60.4 Å². The third-order valence-electron chi connectivity index (χ3n) is 3.54. The number of aromatic nitrogens is 1. The van der Waals surface area contributed by atoms with Gasteiger partial charge < -0.3 is 5.73 Å². The first-order valence-corrected chi connectivity index (χ1v) is 7.96. The number of rotatable bonds is 4. The predicted molar refractivity (Wildman–Crippen MR) is 89.5 cm³/mol. The number of hydrogen-bond donors (Lipinski definition) is 1. The zero-order chi connectivity index (χ0) is 14.7. The molecule has 21 heavy (non-hydrogen) atoms. The van der Waals surface area contributed by atoms with E-state index in [4.69, 9.17) is 5.73 Å². The number of nitrogens with zero attached hydrogens (tertiary/aromatic N) is 1. The predicted octanol–water partition coefficient (Wildman–Crippen LogP) is 4.80. The minimum atomic E-state index is 0.0321. The van der Waals surface area contributed by atoms with Gasteiger partial charge >= 0.3 is 0 Å². The zero-order valence-corrected chi connectivity index (χ0v) is 12.8. The van der Waals surface area contributed by atoms with E-state index in [1.54, 1.807) is 11.8 Å². The molecule has 2 N–H and O–H groups in total. The van der Waals surface area contributed by atoms with Gasteiger partial charge in [0, 0.05) is 22.0 Å². The number of pyridine rings is 1. The van der Waals surface area contributed by atoms with Gasteiger partial charge in [-0.1, -0.05) is 49.0 Å². The van der Waals surface area contributed by atoms with Gasteiger partial charge in [-0.2, -0.15) is 0 Å². The number of nitrogens with two attached hydrogens (primary N) is 1. The zero-order valence-electron chi connectivity index (χ0n) is 12.0. The maximum atomic E-state index is 5.99. The Morgan fingerprint density at radius 2 is 1.76 bits per heavy atom. The van der Waals surface area contributed by atoms with Gasteiger partial charge in [-0.25, -0.2) is 0 Å². The summed E-state index contributed by atoms with van der Waals surface area (Å²) >= 11 is 1.73. The van der Waals surface area contributed by atoms with Crippen molar-refractivity contribution in [1.82, 2.24) is 4.98 Å². The van der Waals surface area contributed by atoms with Crippen LogP contribution in [0.15, 0.2) is 70.6 Å². The molecule has 0 saturated carbocycles. The average molecular weight is 294 g/mol. The molecule has 0 spiro atoms. The molecule has 3 rings (SSSR count). The summed E-state index contributed by atoms with van der Waals surface area (Å²) in [6.07, 6.45) is 2.81. The molecule has 0 saturated heterocycles. The molecule has 3 heteroatoms. The van der Waals surface area contributed by atoms with Crippen LogP contribution in [-0.2, 0) is 0 Å². The second-order valence-corrected chi connectivity index (χ2v) is 6.19. The summed E-state index contributed by atoms with van der Waals surface area (Å²) in [6, 6.07) is 19.1. The first-order valence-electron chi connectivity index (χ1n) is 7.14. The molecule has 0 aliphatic rings. The Labute approximate surface area is 129 Å². The van der Waals surface area contributed by atoms with Crippen molar-refractivity contribution in [2.24, 2.45) is 5.73 Å². The van der Waals surface area contributed by atoms with Crippen molar-refractivity contribution in [2.75, 3.05) is 0 Å². The molecule has 0 bridgehead atoms. The maximum absolute atomic E-state index is 5.99. The summed E-state index contributed by atoms with van der Waals surface area (Å²) in [6.45, 7) is 2.07. The third kappa shape index (κ3) is 3.26. The molecule has 0 fully saturated rings. The molecule has 2 aromatic carbocycles. The fourth-order valence-corrected chi connectivity index (χ4v) is 3.08. The molecule has 0 radical (unpaired) electrons. The fraction of sp³-hybridized carbons (Fsp3) is 0.167. The van der Waals surface area contributed by atoms with Crippen molar-refractivity contribution in [1.29, 1.82) is 0 Å². The average Bonchev–Trinajstić information content (AvgIpc) is 2.55. The van der Waals surface area contributed by atoms with Crippen LogP contribution in [-0.4, -0.2) is 4.98 Å². The molecule has 0 aliphatic heterocycles. The molecule has 0 aliphatic carbocycles. The van der Waals surface area contributed by atoms with E-state index in [-0.39, 0.29) is 6.04 Å². The highest BCUT2D eigenvalue weighted by Crippen LogP contribution is 2.30. The van der Waals surface area contributed by atoms with Gasteiger partial charge in [0.1, 0.15) is 0 Å². The lowest BCUT2D eigenvalue weighted by Crippen LogP contribution is -2.10. The molecular formula is C18H18N2S. The van der Waals surface area contributed by atoms with Gasteiger partial charge in [0.2, 0.25) is 0 Å². The molecule has 106 valence electrons. The van der Waals surface area contributed by atoms with E-state index in [0.29, 0.717) is 0 Å². The van der Waals surface area contributed by atoms with Crippen molar-refractivity contribution in [3.8, 4) is 0 Å². The summed E-state index contributed by atoms with van der Waals surface area (Å²) in [5, 5.41) is 2.53. The summed E-state index contributed by atoms with van der Waals surface area (Å²) in [5.41, 5.74) is 6.95. The van der Waals surface area contributed by atoms with Gasteiger partial charge in [0.15, 0.2) is 0 Å². The normalized spacial score (nSPS) is 12.5. The van der Waals surface area contributed by atoms with Crippen LogP contribution < -0.4 is 5.73 Å². The minimum absolute atomic E-state index is 0.0321. The summed E-state index contributed by atoms with van der Waals surface area (Å²) < 4.78 is 0. The summed E-state index contributed by atoms with van der Waals surface area (Å²) in [5.74, 6) is 0. The van der Waals surface area contributed by atoms with Gasteiger partial charge in [-0.15, -0.1) is 0 Å². The van der Waals surface area contributed by atoms with Crippen LogP contribution in [0, 0.1) is 0 Å². The quantitative estimate of drug-likeness (QED) is 0.751. The first kappa shape index (κ1) is 14.1. The Hall–Kier alpha value is -1.84. The molecular weight excluding hydrogens is 276 g/mol. The van der Waals surface area contributed by atoms with Gasteiger partial charge in [-0.3, -0.25) is 4.98 Å². The van der Waals surface area contributed by atoms with E-state index < -0.39 is 0 Å². The van der Waals surface area contributed by atoms with Crippen LogP contribution >= 0.6 is 11.8 Å². The second kappa shape index (κ2) is 6.29. The highest BCUT2D eigenvalue weighted by atomic mass is 32.2. The Morgan fingerprint density at radius 1 is 1.00 bits per heavy atom. The van der Waals surface area contributed by atoms with Crippen LogP contribution in [0.25, 0.3) is 10.8 Å². The van der Waals surface area contributed by atoms with Crippen LogP contribution in [0.4, 0.5) is 0 Å². The standard InChI is InChI=1S/C18H18N2S/c1-2-17(19)18-10-9-16(12-20-18)21-15-8-7-13-5-3-4-6-14(13)11-15/h3-12,17H,2,19H2,1H3. The van der Waals surface area contributed by atoms with Crippen LogP contribution in [0.1, 0.15) is 25.1 Å². The number of benzene rings is 2. The monoisotopic (exact) mass is 294 g/mol. The van der Waals surface area contributed by atoms with Crippen molar-refractivity contribution < 1.29 is 0 Å². The minimum Gasteiger partial charge on any atom is -0.323 e. The lowest BCUT2D eigenvalue weighted by atomic mass is 10.1. The smallest absolute Gasteiger partial charge is 0.0571 e. The fourth-order valence-electron chi connectivity index (χ4n) is 2.25. The number of fused-ring (bicyclic) bond motifs is 1. The second-order valence-electron chi connectivity index (χ2n) is 5.04. The Bertz CT molecular complexity index is 738. The van der Waals surface area contributed by atoms with E-state index in [1.165, 1.54) is 15.7 Å². The third-order valence-corrected chi connectivity index (χ3v) is 4.50. The topological polar surface area (TPSA) is 38.9 Å². The highest BCUT2D eigenvalue weighted by Gasteiger charge is 2.05. The lowest BCUT2D eigenvalue weighted by Gasteiger charge is -2.09. The van der Waals surface area contributed by atoms with E-state index in [1.807, 2.05) is 12.3 Å². The van der Waals surface area contributed by atoms with Crippen LogP contribution in [0.5, 0.6) is 0 Å².